The molecule has 24 heavy (non-hydrogen) atoms. The summed E-state index contributed by atoms with van der Waals surface area (Å²) in [5.74, 6) is 0.505. The van der Waals surface area contributed by atoms with Crippen molar-refractivity contribution in [1.29, 1.82) is 0 Å². The van der Waals surface area contributed by atoms with E-state index in [0.29, 0.717) is 22.1 Å². The topological polar surface area (TPSA) is 44.8 Å². The Labute approximate surface area is 154 Å². The number of carbonyl (C=O) groups is 1. The minimum absolute atomic E-state index is 0.211. The molecule has 0 atom stereocenters. The van der Waals surface area contributed by atoms with Gasteiger partial charge in [0.05, 0.1) is 19.2 Å². The van der Waals surface area contributed by atoms with Crippen LogP contribution < -0.4 is 9.47 Å². The van der Waals surface area contributed by atoms with Crippen LogP contribution in [0.2, 0.25) is 5.02 Å². The standard InChI is InChI=1S/C18H16BrClO4/c1-22-16-10-13(9-15(20)18(16)23-2)5-8-17(21)24-11-12-3-6-14(19)7-4-12/h3-10H,11H2,1-2H3. The highest BCUT2D eigenvalue weighted by Gasteiger charge is 2.10. The first-order chi connectivity index (χ1) is 11.5. The van der Waals surface area contributed by atoms with Gasteiger partial charge in [0.2, 0.25) is 0 Å². The molecule has 126 valence electrons. The summed E-state index contributed by atoms with van der Waals surface area (Å²) in [6.07, 6.45) is 2.95. The zero-order chi connectivity index (χ0) is 17.5. The fourth-order valence-electron chi connectivity index (χ4n) is 1.98. The van der Waals surface area contributed by atoms with Crippen LogP contribution in [0.15, 0.2) is 46.9 Å². The van der Waals surface area contributed by atoms with Crippen molar-refractivity contribution in [3.63, 3.8) is 0 Å². The normalized spacial score (nSPS) is 10.7. The quantitative estimate of drug-likeness (QED) is 0.502. The molecule has 2 rings (SSSR count). The van der Waals surface area contributed by atoms with Crippen LogP contribution in [-0.4, -0.2) is 20.2 Å². The average Bonchev–Trinajstić information content (AvgIpc) is 2.58. The van der Waals surface area contributed by atoms with E-state index >= 15 is 0 Å². The maximum atomic E-state index is 11.8. The molecule has 0 spiro atoms. The van der Waals surface area contributed by atoms with Crippen LogP contribution in [0.1, 0.15) is 11.1 Å². The van der Waals surface area contributed by atoms with E-state index in [2.05, 4.69) is 15.9 Å². The maximum Gasteiger partial charge on any atom is 0.331 e. The second kappa shape index (κ2) is 8.76. The number of rotatable bonds is 6. The molecule has 0 heterocycles. The van der Waals surface area contributed by atoms with Crippen LogP contribution in [0.25, 0.3) is 6.08 Å². The van der Waals surface area contributed by atoms with E-state index in [0.717, 1.165) is 10.0 Å². The lowest BCUT2D eigenvalue weighted by molar-refractivity contribution is -0.138. The number of methoxy groups -OCH3 is 2. The van der Waals surface area contributed by atoms with Crippen molar-refractivity contribution in [2.75, 3.05) is 14.2 Å². The summed E-state index contributed by atoms with van der Waals surface area (Å²) in [5, 5.41) is 0.403. The van der Waals surface area contributed by atoms with E-state index in [-0.39, 0.29) is 6.61 Å². The SMILES string of the molecule is COc1cc(C=CC(=O)OCc2ccc(Br)cc2)cc(Cl)c1OC. The first kappa shape index (κ1) is 18.4. The third-order valence-electron chi connectivity index (χ3n) is 3.16. The molecule has 0 aliphatic carbocycles. The van der Waals surface area contributed by atoms with Gasteiger partial charge in [-0.15, -0.1) is 0 Å². The Bertz CT molecular complexity index is 741. The van der Waals surface area contributed by atoms with Crippen LogP contribution >= 0.6 is 27.5 Å². The predicted octanol–water partition coefficient (Wildman–Crippen LogP) is 4.88. The van der Waals surface area contributed by atoms with E-state index in [1.54, 1.807) is 18.2 Å². The minimum Gasteiger partial charge on any atom is -0.493 e. The zero-order valence-corrected chi connectivity index (χ0v) is 15.6. The number of halogens is 2. The molecule has 0 unspecified atom stereocenters. The number of ether oxygens (including phenoxy) is 3. The van der Waals surface area contributed by atoms with Crippen LogP contribution in [0.4, 0.5) is 0 Å². The summed E-state index contributed by atoms with van der Waals surface area (Å²) < 4.78 is 16.5. The molecule has 0 saturated carbocycles. The summed E-state index contributed by atoms with van der Waals surface area (Å²) in [7, 11) is 3.03. The summed E-state index contributed by atoms with van der Waals surface area (Å²) in [4.78, 5) is 11.8. The molecule has 0 saturated heterocycles. The van der Waals surface area contributed by atoms with Crippen molar-refractivity contribution < 1.29 is 19.0 Å². The molecule has 0 bridgehead atoms. The fourth-order valence-corrected chi connectivity index (χ4v) is 2.54. The van der Waals surface area contributed by atoms with E-state index in [1.807, 2.05) is 24.3 Å². The Kier molecular flexibility index (Phi) is 6.70. The maximum absolute atomic E-state index is 11.8. The highest BCUT2D eigenvalue weighted by Crippen LogP contribution is 2.36. The molecule has 0 aromatic heterocycles. The summed E-state index contributed by atoms with van der Waals surface area (Å²) >= 11 is 9.48. The van der Waals surface area contributed by atoms with E-state index in [9.17, 15) is 4.79 Å². The molecule has 4 nitrogen and oxygen atoms in total. The number of carbonyl (C=O) groups excluding carboxylic acids is 1. The van der Waals surface area contributed by atoms with Crippen molar-refractivity contribution in [3.8, 4) is 11.5 Å². The van der Waals surface area contributed by atoms with Gasteiger partial charge in [-0.05, 0) is 41.5 Å². The monoisotopic (exact) mass is 410 g/mol. The van der Waals surface area contributed by atoms with Gasteiger partial charge in [0.15, 0.2) is 11.5 Å². The molecule has 2 aromatic rings. The lowest BCUT2D eigenvalue weighted by Gasteiger charge is -2.10. The molecule has 0 N–H and O–H groups in total. The van der Waals surface area contributed by atoms with Gasteiger partial charge >= 0.3 is 5.97 Å². The first-order valence-electron chi connectivity index (χ1n) is 7.04. The van der Waals surface area contributed by atoms with Crippen molar-refractivity contribution in [2.45, 2.75) is 6.61 Å². The van der Waals surface area contributed by atoms with Gasteiger partial charge in [0, 0.05) is 10.5 Å². The van der Waals surface area contributed by atoms with Crippen LogP contribution in [0, 0.1) is 0 Å². The van der Waals surface area contributed by atoms with Crippen molar-refractivity contribution in [3.05, 3.63) is 63.1 Å². The molecule has 0 radical (unpaired) electrons. The molecule has 0 fully saturated rings. The van der Waals surface area contributed by atoms with Gasteiger partial charge in [-0.1, -0.05) is 39.7 Å². The second-order valence-electron chi connectivity index (χ2n) is 4.81. The number of benzene rings is 2. The summed E-state index contributed by atoms with van der Waals surface area (Å²) in [6.45, 7) is 0.211. The summed E-state index contributed by atoms with van der Waals surface area (Å²) in [6, 6.07) is 11.0. The van der Waals surface area contributed by atoms with E-state index in [4.69, 9.17) is 25.8 Å². The van der Waals surface area contributed by atoms with Crippen molar-refractivity contribution in [1.82, 2.24) is 0 Å². The van der Waals surface area contributed by atoms with Crippen LogP contribution in [0.3, 0.4) is 0 Å². The lowest BCUT2D eigenvalue weighted by Crippen LogP contribution is -2.00. The number of esters is 1. The average molecular weight is 412 g/mol. The van der Waals surface area contributed by atoms with Gasteiger partial charge in [0.1, 0.15) is 6.61 Å². The van der Waals surface area contributed by atoms with Gasteiger partial charge in [0.25, 0.3) is 0 Å². The molecule has 0 aliphatic rings. The molecule has 6 heteroatoms. The Hall–Kier alpha value is -1.98. The third-order valence-corrected chi connectivity index (χ3v) is 3.97. The second-order valence-corrected chi connectivity index (χ2v) is 6.13. The highest BCUT2D eigenvalue weighted by atomic mass is 79.9. The Morgan fingerprint density at radius 1 is 1.17 bits per heavy atom. The van der Waals surface area contributed by atoms with Crippen LogP contribution in [-0.2, 0) is 16.1 Å². The largest absolute Gasteiger partial charge is 0.493 e. The number of hydrogen-bond acceptors (Lipinski definition) is 4. The van der Waals surface area contributed by atoms with Crippen molar-refractivity contribution >= 4 is 39.6 Å². The molecule has 0 amide bonds. The summed E-state index contributed by atoms with van der Waals surface area (Å²) in [5.41, 5.74) is 1.62. The van der Waals surface area contributed by atoms with Gasteiger partial charge in [-0.2, -0.15) is 0 Å². The fraction of sp³-hybridized carbons (Fsp3) is 0.167. The number of hydrogen-bond donors (Lipinski definition) is 0. The third kappa shape index (κ3) is 5.01. The first-order valence-corrected chi connectivity index (χ1v) is 8.21. The zero-order valence-electron chi connectivity index (χ0n) is 13.2. The van der Waals surface area contributed by atoms with Crippen LogP contribution in [0.5, 0.6) is 11.5 Å². The highest BCUT2D eigenvalue weighted by molar-refractivity contribution is 9.10. The Morgan fingerprint density at radius 3 is 2.50 bits per heavy atom. The van der Waals surface area contributed by atoms with E-state index < -0.39 is 5.97 Å². The Balaban J connectivity index is 2.00. The van der Waals surface area contributed by atoms with Crippen molar-refractivity contribution in [2.24, 2.45) is 0 Å². The van der Waals surface area contributed by atoms with Gasteiger partial charge in [-0.3, -0.25) is 0 Å². The Morgan fingerprint density at radius 2 is 1.88 bits per heavy atom. The van der Waals surface area contributed by atoms with Gasteiger partial charge < -0.3 is 14.2 Å². The predicted molar refractivity (Wildman–Crippen MR) is 97.5 cm³/mol. The van der Waals surface area contributed by atoms with E-state index in [1.165, 1.54) is 20.3 Å². The van der Waals surface area contributed by atoms with Gasteiger partial charge in [-0.25, -0.2) is 4.79 Å². The molecule has 2 aromatic carbocycles. The smallest absolute Gasteiger partial charge is 0.331 e. The lowest BCUT2D eigenvalue weighted by atomic mass is 10.2. The minimum atomic E-state index is -0.441. The molecule has 0 aliphatic heterocycles. The molecular weight excluding hydrogens is 396 g/mol. The molecular formula is C18H16BrClO4.